The Bertz CT molecular complexity index is 1400. The first kappa shape index (κ1) is 72.8. The van der Waals surface area contributed by atoms with Gasteiger partial charge in [0.2, 0.25) is 0 Å². The lowest BCUT2D eigenvalue weighted by atomic mass is 10.0. The lowest BCUT2D eigenvalue weighted by molar-refractivity contribution is -0.167. The van der Waals surface area contributed by atoms with Crippen molar-refractivity contribution in [2.75, 3.05) is 13.2 Å². The van der Waals surface area contributed by atoms with Gasteiger partial charge in [-0.25, -0.2) is 0 Å². The zero-order chi connectivity index (χ0) is 55.0. The van der Waals surface area contributed by atoms with E-state index in [0.717, 1.165) is 96.3 Å². The van der Waals surface area contributed by atoms with Crippen LogP contribution in [0.4, 0.5) is 0 Å². The number of esters is 3. The second-order valence-corrected chi connectivity index (χ2v) is 22.0. The molecule has 0 fully saturated rings. The molecular formula is C70H124O6. The summed E-state index contributed by atoms with van der Waals surface area (Å²) in [6, 6.07) is 0. The van der Waals surface area contributed by atoms with E-state index in [9.17, 15) is 14.4 Å². The summed E-state index contributed by atoms with van der Waals surface area (Å²) in [5.74, 6) is -0.876. The van der Waals surface area contributed by atoms with Crippen LogP contribution in [-0.2, 0) is 28.6 Å². The first-order chi connectivity index (χ1) is 37.5. The molecule has 0 saturated heterocycles. The molecule has 0 spiro atoms. The van der Waals surface area contributed by atoms with Crippen LogP contribution in [-0.4, -0.2) is 37.2 Å². The molecule has 0 aromatic carbocycles. The van der Waals surface area contributed by atoms with E-state index in [-0.39, 0.29) is 31.1 Å². The van der Waals surface area contributed by atoms with Crippen molar-refractivity contribution in [2.45, 2.75) is 341 Å². The van der Waals surface area contributed by atoms with Crippen molar-refractivity contribution in [1.82, 2.24) is 0 Å². The van der Waals surface area contributed by atoms with E-state index >= 15 is 0 Å². The molecule has 0 saturated carbocycles. The Morgan fingerprint density at radius 1 is 0.276 bits per heavy atom. The zero-order valence-corrected chi connectivity index (χ0v) is 50.5. The van der Waals surface area contributed by atoms with Crippen LogP contribution in [0, 0.1) is 0 Å². The molecule has 0 amide bonds. The van der Waals surface area contributed by atoms with E-state index < -0.39 is 6.10 Å². The standard InChI is InChI=1S/C70H124O6/c1-4-7-10-13-16-19-21-23-25-27-28-29-30-31-32-33-34-35-36-37-38-39-40-41-42-44-45-47-49-51-54-57-60-63-69(72)75-66-67(65-74-68(71)62-59-56-53-18-15-12-9-6-3)76-70(73)64-61-58-55-52-50-48-46-43-26-24-22-20-17-14-11-8-5-2/h8,11,17,20-21,23-24,26-28,30-31,67H,4-7,9-10,12-16,18-19,22,25,29,32-66H2,1-3H3/b11-8-,20-17-,23-21-,26-24-,28-27-,31-30-. The molecule has 440 valence electrons. The van der Waals surface area contributed by atoms with Crippen LogP contribution < -0.4 is 0 Å². The van der Waals surface area contributed by atoms with E-state index in [1.54, 1.807) is 0 Å². The van der Waals surface area contributed by atoms with Crippen molar-refractivity contribution in [2.24, 2.45) is 0 Å². The number of allylic oxidation sites excluding steroid dienone is 12. The van der Waals surface area contributed by atoms with E-state index in [1.165, 1.54) is 199 Å². The van der Waals surface area contributed by atoms with Crippen LogP contribution in [0.2, 0.25) is 0 Å². The van der Waals surface area contributed by atoms with Gasteiger partial charge < -0.3 is 14.2 Å². The lowest BCUT2D eigenvalue weighted by Gasteiger charge is -2.18. The molecule has 0 aliphatic carbocycles. The van der Waals surface area contributed by atoms with Crippen LogP contribution in [0.15, 0.2) is 72.9 Å². The molecule has 1 atom stereocenters. The highest BCUT2D eigenvalue weighted by molar-refractivity contribution is 5.71. The average Bonchev–Trinajstić information content (AvgIpc) is 3.42. The SMILES string of the molecule is CC/C=C\C/C=C\C/C=C\CCCCCCCCCC(=O)OC(COC(=O)CCCCCCCCCC)COC(=O)CCCCCCCCCCCCCCCCCCCC/C=C\C/C=C\C/C=C\CCCCCCC. The minimum atomic E-state index is -0.777. The number of rotatable bonds is 60. The van der Waals surface area contributed by atoms with Gasteiger partial charge in [-0.3, -0.25) is 14.4 Å². The first-order valence-corrected chi connectivity index (χ1v) is 32.9. The molecule has 0 rings (SSSR count). The summed E-state index contributed by atoms with van der Waals surface area (Å²) in [6.45, 7) is 6.51. The number of carbonyl (C=O) groups is 3. The number of ether oxygens (including phenoxy) is 3. The van der Waals surface area contributed by atoms with Crippen molar-refractivity contribution in [1.29, 1.82) is 0 Å². The number of hydrogen-bond donors (Lipinski definition) is 0. The molecule has 0 aromatic heterocycles. The topological polar surface area (TPSA) is 78.9 Å². The van der Waals surface area contributed by atoms with Crippen LogP contribution in [0.3, 0.4) is 0 Å². The predicted octanol–water partition coefficient (Wildman–Crippen LogP) is 22.5. The van der Waals surface area contributed by atoms with Crippen molar-refractivity contribution >= 4 is 17.9 Å². The molecular weight excluding hydrogens is 937 g/mol. The highest BCUT2D eigenvalue weighted by Crippen LogP contribution is 2.17. The fourth-order valence-electron chi connectivity index (χ4n) is 9.53. The minimum Gasteiger partial charge on any atom is -0.462 e. The highest BCUT2D eigenvalue weighted by Gasteiger charge is 2.19. The fourth-order valence-corrected chi connectivity index (χ4v) is 9.53. The maximum absolute atomic E-state index is 12.8. The van der Waals surface area contributed by atoms with Crippen molar-refractivity contribution < 1.29 is 28.6 Å². The van der Waals surface area contributed by atoms with Gasteiger partial charge in [-0.1, -0.05) is 299 Å². The summed E-state index contributed by atoms with van der Waals surface area (Å²) < 4.78 is 16.9. The molecule has 0 aromatic rings. The van der Waals surface area contributed by atoms with Gasteiger partial charge in [-0.05, 0) is 89.9 Å². The van der Waals surface area contributed by atoms with Crippen molar-refractivity contribution in [3.05, 3.63) is 72.9 Å². The van der Waals surface area contributed by atoms with Gasteiger partial charge in [0.25, 0.3) is 0 Å². The zero-order valence-electron chi connectivity index (χ0n) is 50.5. The highest BCUT2D eigenvalue weighted by atomic mass is 16.6. The average molecular weight is 1060 g/mol. The second-order valence-electron chi connectivity index (χ2n) is 22.0. The van der Waals surface area contributed by atoms with Gasteiger partial charge in [-0.2, -0.15) is 0 Å². The van der Waals surface area contributed by atoms with Gasteiger partial charge in [0.05, 0.1) is 0 Å². The van der Waals surface area contributed by atoms with Gasteiger partial charge in [0.1, 0.15) is 13.2 Å². The summed E-state index contributed by atoms with van der Waals surface area (Å²) in [5.41, 5.74) is 0. The summed E-state index contributed by atoms with van der Waals surface area (Å²) >= 11 is 0. The number of hydrogen-bond acceptors (Lipinski definition) is 6. The summed E-state index contributed by atoms with van der Waals surface area (Å²) in [7, 11) is 0. The third kappa shape index (κ3) is 61.7. The molecule has 6 nitrogen and oxygen atoms in total. The van der Waals surface area contributed by atoms with E-state index in [1.807, 2.05) is 0 Å². The lowest BCUT2D eigenvalue weighted by Crippen LogP contribution is -2.30. The smallest absolute Gasteiger partial charge is 0.306 e. The van der Waals surface area contributed by atoms with Crippen LogP contribution >= 0.6 is 0 Å². The molecule has 0 aliphatic heterocycles. The van der Waals surface area contributed by atoms with E-state index in [4.69, 9.17) is 14.2 Å². The van der Waals surface area contributed by atoms with Crippen molar-refractivity contribution in [3.63, 3.8) is 0 Å². The monoisotopic (exact) mass is 1060 g/mol. The third-order valence-electron chi connectivity index (χ3n) is 14.4. The Morgan fingerprint density at radius 2 is 0.513 bits per heavy atom. The molecule has 0 aliphatic rings. The Kier molecular flexibility index (Phi) is 61.7. The molecule has 6 heteroatoms. The molecule has 0 N–H and O–H groups in total. The van der Waals surface area contributed by atoms with Crippen LogP contribution in [0.25, 0.3) is 0 Å². The largest absolute Gasteiger partial charge is 0.462 e. The molecule has 76 heavy (non-hydrogen) atoms. The van der Waals surface area contributed by atoms with E-state index in [2.05, 4.69) is 93.7 Å². The van der Waals surface area contributed by atoms with Gasteiger partial charge in [0.15, 0.2) is 6.10 Å². The Morgan fingerprint density at radius 3 is 0.803 bits per heavy atom. The summed E-state index contributed by atoms with van der Waals surface area (Å²) in [4.78, 5) is 38.1. The van der Waals surface area contributed by atoms with Gasteiger partial charge >= 0.3 is 17.9 Å². The van der Waals surface area contributed by atoms with Gasteiger partial charge in [-0.15, -0.1) is 0 Å². The van der Waals surface area contributed by atoms with Crippen LogP contribution in [0.1, 0.15) is 335 Å². The fraction of sp³-hybridized carbons (Fsp3) is 0.786. The minimum absolute atomic E-state index is 0.0757. The Balaban J connectivity index is 4.04. The first-order valence-electron chi connectivity index (χ1n) is 32.9. The normalized spacial score (nSPS) is 12.5. The van der Waals surface area contributed by atoms with Crippen molar-refractivity contribution in [3.8, 4) is 0 Å². The maximum Gasteiger partial charge on any atom is 0.306 e. The molecule has 0 heterocycles. The number of carbonyl (C=O) groups excluding carboxylic acids is 3. The molecule has 1 unspecified atom stereocenters. The molecule has 0 radical (unpaired) electrons. The quantitative estimate of drug-likeness (QED) is 0.0261. The molecule has 0 bridgehead atoms. The Labute approximate surface area is 472 Å². The van der Waals surface area contributed by atoms with Gasteiger partial charge in [0, 0.05) is 19.3 Å². The Hall–Kier alpha value is -3.15. The maximum atomic E-state index is 12.8. The predicted molar refractivity (Wildman–Crippen MR) is 330 cm³/mol. The third-order valence-corrected chi connectivity index (χ3v) is 14.4. The van der Waals surface area contributed by atoms with Crippen LogP contribution in [0.5, 0.6) is 0 Å². The summed E-state index contributed by atoms with van der Waals surface area (Å²) in [6.07, 6.45) is 83.7. The second kappa shape index (κ2) is 64.4. The van der Waals surface area contributed by atoms with E-state index in [0.29, 0.717) is 19.3 Å². The number of unbranched alkanes of at least 4 members (excludes halogenated alkanes) is 37. The summed E-state index contributed by atoms with van der Waals surface area (Å²) in [5, 5.41) is 0.